The van der Waals surface area contributed by atoms with Gasteiger partial charge in [0, 0.05) is 19.3 Å². The molecule has 0 aliphatic heterocycles. The summed E-state index contributed by atoms with van der Waals surface area (Å²) in [7, 11) is -3.73. The first-order chi connectivity index (χ1) is 9.47. The monoisotopic (exact) mass is 302 g/mol. The largest absolute Gasteiger partial charge is 0.448 e. The number of sulfonamides is 1. The molecule has 112 valence electrons. The van der Waals surface area contributed by atoms with Gasteiger partial charge in [-0.2, -0.15) is 0 Å². The van der Waals surface area contributed by atoms with Crippen LogP contribution in [0.4, 0.5) is 10.6 Å². The van der Waals surface area contributed by atoms with Crippen LogP contribution >= 0.6 is 0 Å². The molecule has 9 heteroatoms. The summed E-state index contributed by atoms with van der Waals surface area (Å²) in [5.41, 5.74) is 4.77. The van der Waals surface area contributed by atoms with Crippen LogP contribution in [-0.4, -0.2) is 39.2 Å². The molecule has 0 fully saturated rings. The molecular weight excluding hydrogens is 284 g/mol. The fraction of sp³-hybridized carbons (Fsp3) is 0.455. The number of primary amides is 1. The van der Waals surface area contributed by atoms with Crippen LogP contribution in [0.3, 0.4) is 0 Å². The number of carbonyl (C=O) groups excluding carboxylic acids is 1. The van der Waals surface area contributed by atoms with E-state index in [1.165, 1.54) is 18.3 Å². The minimum atomic E-state index is -3.73. The Morgan fingerprint density at radius 1 is 1.45 bits per heavy atom. The minimum absolute atomic E-state index is 0.0486. The van der Waals surface area contributed by atoms with E-state index in [0.29, 0.717) is 6.54 Å². The Balaban J connectivity index is 2.73. The van der Waals surface area contributed by atoms with Gasteiger partial charge in [0.1, 0.15) is 17.3 Å². The van der Waals surface area contributed by atoms with Crippen LogP contribution in [0.2, 0.25) is 0 Å². The maximum Gasteiger partial charge on any atom is 0.404 e. The Kier molecular flexibility index (Phi) is 6.19. The summed E-state index contributed by atoms with van der Waals surface area (Å²) in [6.45, 7) is 2.38. The maximum absolute atomic E-state index is 12.1. The molecule has 0 aliphatic rings. The zero-order chi connectivity index (χ0) is 15.0. The van der Waals surface area contributed by atoms with Crippen LogP contribution in [0.5, 0.6) is 0 Å². The first kappa shape index (κ1) is 16.2. The third kappa shape index (κ3) is 5.02. The van der Waals surface area contributed by atoms with Crippen molar-refractivity contribution in [3.63, 3.8) is 0 Å². The van der Waals surface area contributed by atoms with Crippen molar-refractivity contribution in [1.82, 2.24) is 9.71 Å². The number of anilines is 1. The number of hydrogen-bond acceptors (Lipinski definition) is 6. The van der Waals surface area contributed by atoms with Gasteiger partial charge >= 0.3 is 6.09 Å². The molecule has 1 rings (SSSR count). The summed E-state index contributed by atoms with van der Waals surface area (Å²) in [6.07, 6.45) is 1.40. The van der Waals surface area contributed by atoms with Gasteiger partial charge in [-0.3, -0.25) is 0 Å². The van der Waals surface area contributed by atoms with Gasteiger partial charge in [-0.15, -0.1) is 0 Å². The average Bonchev–Trinajstić information content (AvgIpc) is 2.41. The quantitative estimate of drug-likeness (QED) is 0.592. The van der Waals surface area contributed by atoms with Gasteiger partial charge in [0.15, 0.2) is 0 Å². The predicted octanol–water partition coefficient (Wildman–Crippen LogP) is 0.277. The van der Waals surface area contributed by atoms with Gasteiger partial charge in [0.2, 0.25) is 10.0 Å². The van der Waals surface area contributed by atoms with Gasteiger partial charge in [0.05, 0.1) is 0 Å². The lowest BCUT2D eigenvalue weighted by atomic mass is 10.4. The molecule has 0 saturated carbocycles. The number of carbonyl (C=O) groups is 1. The number of pyridine rings is 1. The maximum atomic E-state index is 12.1. The number of nitrogens with zero attached hydrogens (tertiary/aromatic N) is 1. The van der Waals surface area contributed by atoms with Crippen LogP contribution in [0, 0.1) is 0 Å². The molecule has 0 saturated heterocycles. The summed E-state index contributed by atoms with van der Waals surface area (Å²) < 4.78 is 31.0. The van der Waals surface area contributed by atoms with E-state index in [9.17, 15) is 13.2 Å². The Hall–Kier alpha value is -1.87. The average molecular weight is 302 g/mol. The van der Waals surface area contributed by atoms with E-state index < -0.39 is 16.1 Å². The zero-order valence-electron chi connectivity index (χ0n) is 11.1. The molecule has 20 heavy (non-hydrogen) atoms. The molecule has 0 atom stereocenters. The van der Waals surface area contributed by atoms with Gasteiger partial charge in [0.25, 0.3) is 0 Å². The summed E-state index contributed by atoms with van der Waals surface area (Å²) in [6, 6.07) is 2.98. The Morgan fingerprint density at radius 3 is 2.85 bits per heavy atom. The molecule has 8 nitrogen and oxygen atoms in total. The predicted molar refractivity (Wildman–Crippen MR) is 73.7 cm³/mol. The number of nitrogens with one attached hydrogen (secondary N) is 2. The van der Waals surface area contributed by atoms with Crippen molar-refractivity contribution in [3.8, 4) is 0 Å². The molecule has 1 amide bonds. The number of ether oxygens (including phenoxy) is 1. The molecule has 1 heterocycles. The number of aromatic nitrogens is 1. The Morgan fingerprint density at radius 2 is 2.20 bits per heavy atom. The Labute approximate surface area is 117 Å². The fourth-order valence-electron chi connectivity index (χ4n) is 1.39. The molecule has 0 unspecified atom stereocenters. The third-order valence-corrected chi connectivity index (χ3v) is 3.73. The number of nitrogens with two attached hydrogens (primary N) is 1. The summed E-state index contributed by atoms with van der Waals surface area (Å²) >= 11 is 0. The second kappa shape index (κ2) is 7.65. The topological polar surface area (TPSA) is 123 Å². The van der Waals surface area contributed by atoms with Crippen molar-refractivity contribution < 1.29 is 17.9 Å². The van der Waals surface area contributed by atoms with E-state index in [-0.39, 0.29) is 23.9 Å². The molecule has 0 bridgehead atoms. The lowest BCUT2D eigenvalue weighted by Gasteiger charge is -2.11. The second-order valence-corrected chi connectivity index (χ2v) is 5.58. The highest BCUT2D eigenvalue weighted by Gasteiger charge is 2.18. The van der Waals surface area contributed by atoms with Gasteiger partial charge in [-0.05, 0) is 18.6 Å². The standard InChI is InChI=1S/C11H18N4O4S/c1-2-5-13-10-9(4-3-6-14-10)20(17,18)15-7-8-19-11(12)16/h3-4,6,15H,2,5,7-8H2,1H3,(H2,12,16)(H,13,14). The van der Waals surface area contributed by atoms with Crippen molar-refractivity contribution in [2.45, 2.75) is 18.2 Å². The lowest BCUT2D eigenvalue weighted by molar-refractivity contribution is 0.159. The summed E-state index contributed by atoms with van der Waals surface area (Å²) in [5, 5.41) is 2.94. The van der Waals surface area contributed by atoms with Crippen molar-refractivity contribution in [2.75, 3.05) is 25.0 Å². The molecule has 0 aromatic carbocycles. The summed E-state index contributed by atoms with van der Waals surface area (Å²) in [4.78, 5) is 14.4. The van der Waals surface area contributed by atoms with Gasteiger partial charge in [-0.25, -0.2) is 22.9 Å². The third-order valence-electron chi connectivity index (χ3n) is 2.24. The molecule has 0 aliphatic carbocycles. The van der Waals surface area contributed by atoms with Crippen molar-refractivity contribution in [1.29, 1.82) is 0 Å². The first-order valence-electron chi connectivity index (χ1n) is 6.08. The molecular formula is C11H18N4O4S. The highest BCUT2D eigenvalue weighted by Crippen LogP contribution is 2.17. The van der Waals surface area contributed by atoms with E-state index in [1.807, 2.05) is 6.92 Å². The number of hydrogen-bond donors (Lipinski definition) is 3. The molecule has 0 spiro atoms. The molecule has 4 N–H and O–H groups in total. The van der Waals surface area contributed by atoms with E-state index in [0.717, 1.165) is 6.42 Å². The smallest absolute Gasteiger partial charge is 0.404 e. The molecule has 1 aromatic rings. The fourth-order valence-corrected chi connectivity index (χ4v) is 2.53. The number of amides is 1. The highest BCUT2D eigenvalue weighted by molar-refractivity contribution is 7.89. The van der Waals surface area contributed by atoms with Gasteiger partial charge in [-0.1, -0.05) is 6.92 Å². The first-order valence-corrected chi connectivity index (χ1v) is 7.56. The summed E-state index contributed by atoms with van der Waals surface area (Å²) in [5.74, 6) is 0.290. The second-order valence-electron chi connectivity index (χ2n) is 3.84. The van der Waals surface area contributed by atoms with E-state index in [1.54, 1.807) is 0 Å². The van der Waals surface area contributed by atoms with Crippen LogP contribution in [-0.2, 0) is 14.8 Å². The minimum Gasteiger partial charge on any atom is -0.448 e. The van der Waals surface area contributed by atoms with Crippen molar-refractivity contribution >= 4 is 21.9 Å². The number of rotatable bonds is 8. The van der Waals surface area contributed by atoms with E-state index in [4.69, 9.17) is 5.73 Å². The Bertz CT molecular complexity index is 547. The van der Waals surface area contributed by atoms with Crippen LogP contribution in [0.25, 0.3) is 0 Å². The van der Waals surface area contributed by atoms with E-state index >= 15 is 0 Å². The lowest BCUT2D eigenvalue weighted by Crippen LogP contribution is -2.30. The molecule has 1 aromatic heterocycles. The van der Waals surface area contributed by atoms with E-state index in [2.05, 4.69) is 19.8 Å². The van der Waals surface area contributed by atoms with Crippen LogP contribution in [0.1, 0.15) is 13.3 Å². The van der Waals surface area contributed by atoms with Crippen LogP contribution in [0.15, 0.2) is 23.2 Å². The van der Waals surface area contributed by atoms with Crippen molar-refractivity contribution in [2.24, 2.45) is 5.73 Å². The van der Waals surface area contributed by atoms with Gasteiger partial charge < -0.3 is 15.8 Å². The molecule has 0 radical (unpaired) electrons. The normalized spacial score (nSPS) is 11.1. The zero-order valence-corrected chi connectivity index (χ0v) is 11.9. The highest BCUT2D eigenvalue weighted by atomic mass is 32.2. The SMILES string of the molecule is CCCNc1ncccc1S(=O)(=O)NCCOC(N)=O. The van der Waals surface area contributed by atoms with Crippen molar-refractivity contribution in [3.05, 3.63) is 18.3 Å². The van der Waals surface area contributed by atoms with Crippen LogP contribution < -0.4 is 15.8 Å².